The molecule has 0 unspecified atom stereocenters. The second kappa shape index (κ2) is 11.2. The fraction of sp³-hybridized carbons (Fsp3) is 0.333. The van der Waals surface area contributed by atoms with Crippen molar-refractivity contribution in [3.05, 3.63) is 34.6 Å². The molecule has 16 nitrogen and oxygen atoms in total. The van der Waals surface area contributed by atoms with E-state index in [1.54, 1.807) is 0 Å². The van der Waals surface area contributed by atoms with Gasteiger partial charge in [-0.25, -0.2) is 14.6 Å². The lowest BCUT2D eigenvalue weighted by molar-refractivity contribution is -0.682. The molecule has 2 amide bonds. The zero-order valence-electron chi connectivity index (χ0n) is 20.9. The van der Waals surface area contributed by atoms with Crippen molar-refractivity contribution in [2.75, 3.05) is 28.8 Å². The molecule has 9 N–H and O–H groups in total. The maximum absolute atomic E-state index is 13.2. The maximum atomic E-state index is 13.2. The lowest BCUT2D eigenvalue weighted by Crippen LogP contribution is -2.71. The first-order valence-corrected chi connectivity index (χ1v) is 14.2. The average Bonchev–Trinajstić information content (AvgIpc) is 3.32. The number of nitrogen functional groups attached to an aromatic ring is 3. The molecule has 2 aliphatic heterocycles. The Morgan fingerprint density at radius 1 is 1.32 bits per heavy atom. The molecular weight excluding hydrogens is 586 g/mol. The monoisotopic (exact) mass is 610 g/mol. The van der Waals surface area contributed by atoms with E-state index >= 15 is 0 Å². The molecule has 19 heteroatoms. The number of nitrogens with two attached hydrogens (primary N) is 3. The van der Waals surface area contributed by atoms with Crippen molar-refractivity contribution in [1.82, 2.24) is 20.2 Å². The van der Waals surface area contributed by atoms with E-state index in [4.69, 9.17) is 22.1 Å². The van der Waals surface area contributed by atoms with Crippen LogP contribution >= 0.6 is 34.9 Å². The number of aromatic nitrogens is 3. The van der Waals surface area contributed by atoms with Gasteiger partial charge in [-0.1, -0.05) is 5.16 Å². The van der Waals surface area contributed by atoms with Crippen molar-refractivity contribution < 1.29 is 38.9 Å². The van der Waals surface area contributed by atoms with Crippen molar-refractivity contribution in [1.29, 1.82) is 0 Å². The fourth-order valence-corrected chi connectivity index (χ4v) is 6.43. The smallest absolute Gasteiger partial charge is 0.384 e. The predicted octanol–water partition coefficient (Wildman–Crippen LogP) is -1.18. The van der Waals surface area contributed by atoms with Gasteiger partial charge in [-0.3, -0.25) is 20.3 Å². The molecule has 0 spiro atoms. The highest BCUT2D eigenvalue weighted by atomic mass is 32.2. The number of oxime groups is 1. The third-order valence-electron chi connectivity index (χ3n) is 5.62. The fourth-order valence-electron chi connectivity index (χ4n) is 3.49. The van der Waals surface area contributed by atoms with E-state index in [0.29, 0.717) is 10.7 Å². The number of carboxylic acids is 2. The molecule has 0 saturated carbocycles. The molecule has 2 aromatic rings. The van der Waals surface area contributed by atoms with Crippen molar-refractivity contribution >= 4 is 75.3 Å². The Bertz CT molecular complexity index is 1460. The highest BCUT2D eigenvalue weighted by Crippen LogP contribution is 2.41. The Balaban J connectivity index is 1.53. The molecule has 2 aliphatic rings. The zero-order valence-corrected chi connectivity index (χ0v) is 23.4. The van der Waals surface area contributed by atoms with Crippen LogP contribution < -0.4 is 27.3 Å². The second-order valence-corrected chi connectivity index (χ2v) is 11.8. The first kappa shape index (κ1) is 28.9. The molecule has 0 radical (unpaired) electrons. The molecule has 4 heterocycles. The van der Waals surface area contributed by atoms with Gasteiger partial charge < -0.3 is 31.8 Å². The number of amides is 2. The summed E-state index contributed by atoms with van der Waals surface area (Å²) in [5.74, 6) is 2.36. The van der Waals surface area contributed by atoms with Crippen LogP contribution in [0.1, 0.15) is 19.5 Å². The SMILES string of the molecule is CC(C)(O/N=C(/C(=O)N[C@@H]1C(=O)N2C(C(=O)O)=C(CSc3nc(N)cc[n+]3N)CS[C@H]12)c1csc(N)n1)C(=O)O. The Kier molecular flexibility index (Phi) is 8.08. The summed E-state index contributed by atoms with van der Waals surface area (Å²) in [6.45, 7) is 2.47. The standard InChI is InChI=1S/C21H23N9O7S3/c1-21(2,18(35)36)37-28-11(9-7-39-19(23)25-9)14(31)27-12-15(32)30-13(17(33)34)8(5-38-16(12)30)6-40-20-26-10(22)3-4-29(20)24/h3-4,7,12,16,22H,5-6,24H2,1-2H3,(H5,23,25,27,31,33,34,35,36)/p+1/b28-11+/t12-,16-/m1/s1. The van der Waals surface area contributed by atoms with E-state index in [0.717, 1.165) is 28.0 Å². The molecule has 4 rings (SSSR count). The van der Waals surface area contributed by atoms with Crippen LogP contribution in [-0.2, 0) is 24.0 Å². The van der Waals surface area contributed by atoms with Crippen molar-refractivity contribution in [2.24, 2.45) is 5.16 Å². The van der Waals surface area contributed by atoms with Crippen LogP contribution in [0.3, 0.4) is 0 Å². The highest BCUT2D eigenvalue weighted by molar-refractivity contribution is 8.01. The summed E-state index contributed by atoms with van der Waals surface area (Å²) >= 11 is 3.44. The van der Waals surface area contributed by atoms with Gasteiger partial charge in [-0.2, -0.15) is 0 Å². The number of carboxylic acid groups (broad SMARTS) is 2. The number of rotatable bonds is 10. The minimum Gasteiger partial charge on any atom is -0.478 e. The molecule has 40 heavy (non-hydrogen) atoms. The molecule has 212 valence electrons. The molecule has 0 bridgehead atoms. The van der Waals surface area contributed by atoms with Crippen molar-refractivity contribution in [3.63, 3.8) is 0 Å². The van der Waals surface area contributed by atoms with E-state index < -0.39 is 46.5 Å². The largest absolute Gasteiger partial charge is 0.478 e. The number of β-lactam (4-membered cyclic amide) rings is 1. The van der Waals surface area contributed by atoms with Crippen LogP contribution in [0, 0.1) is 0 Å². The van der Waals surface area contributed by atoms with Crippen LogP contribution in [0.25, 0.3) is 0 Å². The maximum Gasteiger partial charge on any atom is 0.384 e. The van der Waals surface area contributed by atoms with Gasteiger partial charge in [-0.15, -0.1) is 27.8 Å². The number of thioether (sulfide) groups is 2. The van der Waals surface area contributed by atoms with E-state index in [2.05, 4.69) is 20.4 Å². The molecule has 2 atom stereocenters. The summed E-state index contributed by atoms with van der Waals surface area (Å²) in [4.78, 5) is 64.2. The topological polar surface area (TPSA) is 253 Å². The minimum absolute atomic E-state index is 0.0128. The number of anilines is 2. The number of carbonyl (C=O) groups excluding carboxylic acids is 2. The number of fused-ring (bicyclic) bond motifs is 1. The van der Waals surface area contributed by atoms with Crippen molar-refractivity contribution in [2.45, 2.75) is 36.0 Å². The van der Waals surface area contributed by atoms with E-state index in [9.17, 15) is 29.4 Å². The van der Waals surface area contributed by atoms with E-state index in [-0.39, 0.29) is 33.8 Å². The summed E-state index contributed by atoms with van der Waals surface area (Å²) < 4.78 is 1.25. The first-order chi connectivity index (χ1) is 18.8. The van der Waals surface area contributed by atoms with Gasteiger partial charge >= 0.3 is 17.1 Å². The Hall–Kier alpha value is -4.10. The molecule has 1 fully saturated rings. The number of hydrogen-bond acceptors (Lipinski definition) is 14. The van der Waals surface area contributed by atoms with Crippen LogP contribution in [-0.4, -0.2) is 83.1 Å². The van der Waals surface area contributed by atoms with Crippen molar-refractivity contribution in [3.8, 4) is 0 Å². The summed E-state index contributed by atoms with van der Waals surface area (Å²) in [6.07, 6.45) is 1.51. The molecule has 1 saturated heterocycles. The normalized spacial score (nSPS) is 19.1. The van der Waals surface area contributed by atoms with E-state index in [1.165, 1.54) is 47.9 Å². The van der Waals surface area contributed by atoms with Gasteiger partial charge in [0.2, 0.25) is 11.4 Å². The average molecular weight is 611 g/mol. The number of carbonyl (C=O) groups is 4. The van der Waals surface area contributed by atoms with Gasteiger partial charge in [0.15, 0.2) is 10.8 Å². The summed E-state index contributed by atoms with van der Waals surface area (Å²) in [5.41, 5.74) is 9.50. The minimum atomic E-state index is -1.77. The van der Waals surface area contributed by atoms with Gasteiger partial charge in [-0.05, 0) is 36.2 Å². The highest BCUT2D eigenvalue weighted by Gasteiger charge is 2.54. The summed E-state index contributed by atoms with van der Waals surface area (Å²) in [5, 5.41) is 26.6. The van der Waals surface area contributed by atoms with Gasteiger partial charge in [0, 0.05) is 23.0 Å². The number of aliphatic carboxylic acids is 2. The number of nitrogens with zero attached hydrogens (tertiary/aromatic N) is 5. The summed E-state index contributed by atoms with van der Waals surface area (Å²) in [6, 6.07) is 0.426. The molecule has 0 aromatic carbocycles. The number of thiazole rings is 1. The third-order valence-corrected chi connectivity index (χ3v) is 8.69. The van der Waals surface area contributed by atoms with Gasteiger partial charge in [0.1, 0.15) is 29.0 Å². The lowest BCUT2D eigenvalue weighted by atomic mass is 10.0. The Morgan fingerprint density at radius 2 is 2.05 bits per heavy atom. The predicted molar refractivity (Wildman–Crippen MR) is 145 cm³/mol. The second-order valence-electron chi connectivity index (χ2n) is 8.87. The van der Waals surface area contributed by atoms with Gasteiger partial charge in [0.25, 0.3) is 11.8 Å². The zero-order chi connectivity index (χ0) is 29.4. The third kappa shape index (κ3) is 5.75. The summed E-state index contributed by atoms with van der Waals surface area (Å²) in [7, 11) is 0. The molecule has 0 aliphatic carbocycles. The lowest BCUT2D eigenvalue weighted by Gasteiger charge is -2.49. The van der Waals surface area contributed by atoms with Gasteiger partial charge in [0.05, 0.1) is 0 Å². The van der Waals surface area contributed by atoms with Crippen LogP contribution in [0.15, 0.2) is 39.2 Å². The van der Waals surface area contributed by atoms with Crippen LogP contribution in [0.2, 0.25) is 0 Å². The number of nitrogens with one attached hydrogen (secondary N) is 1. The Morgan fingerprint density at radius 3 is 2.67 bits per heavy atom. The molecule has 2 aromatic heterocycles. The quantitative estimate of drug-likeness (QED) is 0.0352. The number of hydrogen-bond donors (Lipinski definition) is 6. The van der Waals surface area contributed by atoms with E-state index in [1.807, 2.05) is 0 Å². The first-order valence-electron chi connectivity index (χ1n) is 11.3. The molecular formula is C21H24N9O7S3+. The van der Waals surface area contributed by atoms with Crippen LogP contribution in [0.4, 0.5) is 10.9 Å². The Labute approximate surface area is 238 Å². The van der Waals surface area contributed by atoms with Crippen LogP contribution in [0.5, 0.6) is 0 Å².